The Kier molecular flexibility index (Phi) is 3.72. The average Bonchev–Trinajstić information content (AvgIpc) is 3.20. The normalized spacial score (nSPS) is 13.8. The Labute approximate surface area is 192 Å². The zero-order valence-electron chi connectivity index (χ0n) is 18.4. The molecule has 1 aliphatic heterocycles. The lowest BCUT2D eigenvalue weighted by molar-refractivity contribution is 0.718. The molecular formula is C31H22N2. The van der Waals surface area contributed by atoms with Crippen molar-refractivity contribution >= 4 is 21.8 Å². The van der Waals surface area contributed by atoms with Gasteiger partial charge in [-0.3, -0.25) is 4.57 Å². The summed E-state index contributed by atoms with van der Waals surface area (Å²) in [6.45, 7) is 2.16. The van der Waals surface area contributed by atoms with Crippen LogP contribution in [-0.2, 0) is 5.41 Å². The molecule has 2 heteroatoms. The van der Waals surface area contributed by atoms with E-state index >= 15 is 0 Å². The molecule has 0 N–H and O–H groups in total. The van der Waals surface area contributed by atoms with Crippen LogP contribution < -0.4 is 0 Å². The van der Waals surface area contributed by atoms with Gasteiger partial charge in [0.05, 0.1) is 16.4 Å². The van der Waals surface area contributed by atoms with E-state index < -0.39 is 5.41 Å². The minimum Gasteiger partial charge on any atom is -0.293 e. The van der Waals surface area contributed by atoms with Crippen molar-refractivity contribution in [1.82, 2.24) is 9.55 Å². The van der Waals surface area contributed by atoms with Crippen LogP contribution in [0.4, 0.5) is 0 Å². The summed E-state index contributed by atoms with van der Waals surface area (Å²) in [7, 11) is 0. The number of aryl methyl sites for hydroxylation is 1. The second kappa shape index (κ2) is 6.66. The number of pyridine rings is 1. The van der Waals surface area contributed by atoms with Crippen LogP contribution in [0.25, 0.3) is 27.6 Å². The predicted octanol–water partition coefficient (Wildman–Crippen LogP) is 7.18. The summed E-state index contributed by atoms with van der Waals surface area (Å²) < 4.78 is 2.38. The maximum Gasteiger partial charge on any atom is 0.142 e. The quantitative estimate of drug-likeness (QED) is 0.288. The predicted molar refractivity (Wildman–Crippen MR) is 135 cm³/mol. The first-order chi connectivity index (χ1) is 16.3. The first kappa shape index (κ1) is 18.4. The Morgan fingerprint density at radius 3 is 2.06 bits per heavy atom. The van der Waals surface area contributed by atoms with Gasteiger partial charge in [-0.25, -0.2) is 4.98 Å². The molecule has 2 nitrogen and oxygen atoms in total. The summed E-state index contributed by atoms with van der Waals surface area (Å²) in [6.07, 6.45) is 1.92. The maximum atomic E-state index is 5.00. The van der Waals surface area contributed by atoms with E-state index in [-0.39, 0.29) is 0 Å². The van der Waals surface area contributed by atoms with Crippen LogP contribution in [0.5, 0.6) is 0 Å². The number of para-hydroxylation sites is 1. The van der Waals surface area contributed by atoms with Gasteiger partial charge in [0, 0.05) is 22.5 Å². The molecule has 0 unspecified atom stereocenters. The Hall–Kier alpha value is -4.17. The molecule has 0 spiro atoms. The molecule has 0 bridgehead atoms. The van der Waals surface area contributed by atoms with Gasteiger partial charge in [0.15, 0.2) is 0 Å². The van der Waals surface area contributed by atoms with Crippen LogP contribution >= 0.6 is 0 Å². The fraction of sp³-hybridized carbons (Fsp3) is 0.0645. The van der Waals surface area contributed by atoms with E-state index in [0.29, 0.717) is 0 Å². The van der Waals surface area contributed by atoms with Crippen molar-refractivity contribution in [1.29, 1.82) is 0 Å². The Morgan fingerprint density at radius 2 is 1.33 bits per heavy atom. The van der Waals surface area contributed by atoms with Crippen LogP contribution in [-0.4, -0.2) is 9.55 Å². The first-order valence-electron chi connectivity index (χ1n) is 11.4. The summed E-state index contributed by atoms with van der Waals surface area (Å²) in [5, 5.41) is 2.54. The summed E-state index contributed by atoms with van der Waals surface area (Å²) in [6, 6.07) is 39.6. The number of nitrogens with zero attached hydrogens (tertiary/aromatic N) is 2. The second-order valence-electron chi connectivity index (χ2n) is 8.91. The van der Waals surface area contributed by atoms with Gasteiger partial charge in [-0.2, -0.15) is 0 Å². The van der Waals surface area contributed by atoms with Crippen molar-refractivity contribution in [2.24, 2.45) is 0 Å². The van der Waals surface area contributed by atoms with E-state index in [1.807, 2.05) is 6.20 Å². The van der Waals surface area contributed by atoms with Gasteiger partial charge in [0.1, 0.15) is 5.82 Å². The Morgan fingerprint density at radius 1 is 0.636 bits per heavy atom. The minimum atomic E-state index is -0.453. The molecule has 0 fully saturated rings. The molecule has 1 aliphatic rings. The third-order valence-electron chi connectivity index (χ3n) is 7.16. The van der Waals surface area contributed by atoms with Crippen molar-refractivity contribution in [2.75, 3.05) is 0 Å². The molecule has 0 aliphatic carbocycles. The molecule has 7 rings (SSSR count). The number of rotatable bonds is 2. The van der Waals surface area contributed by atoms with E-state index in [4.69, 9.17) is 4.98 Å². The van der Waals surface area contributed by atoms with Gasteiger partial charge in [-0.1, -0.05) is 97.1 Å². The van der Waals surface area contributed by atoms with Crippen LogP contribution in [0.1, 0.15) is 27.8 Å². The number of fused-ring (bicyclic) bond motifs is 5. The van der Waals surface area contributed by atoms with E-state index in [1.54, 1.807) is 0 Å². The zero-order chi connectivity index (χ0) is 22.0. The smallest absolute Gasteiger partial charge is 0.142 e. The lowest BCUT2D eigenvalue weighted by atomic mass is 9.63. The largest absolute Gasteiger partial charge is 0.293 e. The highest BCUT2D eigenvalue weighted by Crippen LogP contribution is 2.53. The monoisotopic (exact) mass is 422 g/mol. The van der Waals surface area contributed by atoms with Gasteiger partial charge in [0.25, 0.3) is 0 Å². The lowest BCUT2D eigenvalue weighted by Crippen LogP contribution is -2.35. The third-order valence-corrected chi connectivity index (χ3v) is 7.16. The fourth-order valence-corrected chi connectivity index (χ4v) is 5.88. The fourth-order valence-electron chi connectivity index (χ4n) is 5.88. The van der Waals surface area contributed by atoms with E-state index in [1.165, 1.54) is 49.6 Å². The lowest BCUT2D eigenvalue weighted by Gasteiger charge is -2.41. The van der Waals surface area contributed by atoms with Gasteiger partial charge in [-0.05, 0) is 41.3 Å². The molecule has 156 valence electrons. The Balaban J connectivity index is 1.79. The number of aromatic nitrogens is 2. The van der Waals surface area contributed by atoms with Gasteiger partial charge in [0.2, 0.25) is 0 Å². The van der Waals surface area contributed by atoms with Crippen molar-refractivity contribution < 1.29 is 0 Å². The van der Waals surface area contributed by atoms with Crippen LogP contribution in [0, 0.1) is 6.92 Å². The van der Waals surface area contributed by atoms with Crippen molar-refractivity contribution in [2.45, 2.75) is 12.3 Å². The average molecular weight is 423 g/mol. The highest BCUT2D eigenvalue weighted by Gasteiger charge is 2.45. The van der Waals surface area contributed by atoms with Gasteiger partial charge < -0.3 is 0 Å². The van der Waals surface area contributed by atoms with E-state index in [0.717, 1.165) is 5.82 Å². The molecule has 3 heterocycles. The highest BCUT2D eigenvalue weighted by molar-refractivity contribution is 6.12. The molecule has 2 aromatic heterocycles. The molecule has 0 amide bonds. The molecule has 6 aromatic rings. The molecular weight excluding hydrogens is 400 g/mol. The van der Waals surface area contributed by atoms with Gasteiger partial charge in [-0.15, -0.1) is 0 Å². The van der Waals surface area contributed by atoms with Crippen LogP contribution in [0.3, 0.4) is 0 Å². The number of hydrogen-bond donors (Lipinski definition) is 0. The third kappa shape index (κ3) is 2.30. The van der Waals surface area contributed by atoms with Crippen LogP contribution in [0.2, 0.25) is 0 Å². The van der Waals surface area contributed by atoms with Crippen molar-refractivity contribution in [3.05, 3.63) is 143 Å². The van der Waals surface area contributed by atoms with E-state index in [2.05, 4.69) is 121 Å². The maximum absolute atomic E-state index is 5.00. The van der Waals surface area contributed by atoms with Crippen molar-refractivity contribution in [3.8, 4) is 5.82 Å². The summed E-state index contributed by atoms with van der Waals surface area (Å²) in [4.78, 5) is 5.00. The van der Waals surface area contributed by atoms with E-state index in [9.17, 15) is 0 Å². The summed E-state index contributed by atoms with van der Waals surface area (Å²) in [5.74, 6) is 1.01. The minimum absolute atomic E-state index is 0.453. The van der Waals surface area contributed by atoms with Crippen molar-refractivity contribution in [3.63, 3.8) is 0 Å². The topological polar surface area (TPSA) is 17.8 Å². The molecule has 33 heavy (non-hydrogen) atoms. The summed E-state index contributed by atoms with van der Waals surface area (Å²) >= 11 is 0. The van der Waals surface area contributed by atoms with Gasteiger partial charge >= 0.3 is 0 Å². The SMILES string of the molecule is Cc1ccc2c3cccc4c3n(c2c1)-c1ncccc1C4(c1ccccc1)c1ccccc1. The number of hydrogen-bond acceptors (Lipinski definition) is 1. The number of benzene rings is 4. The first-order valence-corrected chi connectivity index (χ1v) is 11.4. The Bertz CT molecular complexity index is 1620. The second-order valence-corrected chi connectivity index (χ2v) is 8.91. The summed E-state index contributed by atoms with van der Waals surface area (Å²) in [5.41, 5.74) is 8.28. The van der Waals surface area contributed by atoms with Crippen LogP contribution in [0.15, 0.2) is 115 Å². The standard InChI is InChI=1S/C31H22N2/c1-21-17-18-24-25-14-8-15-26-29(25)33(28(24)20-21)30-27(16-9-19-32-30)31(26,22-10-4-2-5-11-22)23-12-6-3-7-13-23/h2-20H,1H3. The molecule has 4 aromatic carbocycles. The molecule has 0 atom stereocenters. The molecule has 0 saturated carbocycles. The molecule has 0 radical (unpaired) electrons. The zero-order valence-corrected chi connectivity index (χ0v) is 18.4. The molecule has 0 saturated heterocycles. The highest BCUT2D eigenvalue weighted by atomic mass is 15.1.